The molecule has 0 fully saturated rings. The van der Waals surface area contributed by atoms with E-state index in [-0.39, 0.29) is 24.0 Å². The molecule has 2 aromatic heterocycles. The van der Waals surface area contributed by atoms with Gasteiger partial charge in [-0.2, -0.15) is 0 Å². The summed E-state index contributed by atoms with van der Waals surface area (Å²) in [5.74, 6) is 0.845. The van der Waals surface area contributed by atoms with Gasteiger partial charge in [0, 0.05) is 48.2 Å². The molecule has 0 spiro atoms. The zero-order chi connectivity index (χ0) is 17.5. The summed E-state index contributed by atoms with van der Waals surface area (Å²) >= 11 is 3.51. The van der Waals surface area contributed by atoms with Crippen LogP contribution in [0.25, 0.3) is 0 Å². The molecular weight excluding hydrogens is 465 g/mol. The monoisotopic (exact) mass is 493 g/mol. The molecule has 0 amide bonds. The molecule has 0 saturated heterocycles. The normalized spacial score (nSPS) is 12.4. The Morgan fingerprint density at radius 2 is 2.12 bits per heavy atom. The molecule has 25 heavy (non-hydrogen) atoms. The number of anilines is 1. The van der Waals surface area contributed by atoms with Crippen LogP contribution in [-0.4, -0.2) is 37.6 Å². The maximum atomic E-state index is 4.67. The lowest BCUT2D eigenvalue weighted by molar-refractivity contribution is 0.645. The number of hydrogen-bond donors (Lipinski definition) is 2. The van der Waals surface area contributed by atoms with E-state index in [0.29, 0.717) is 12.6 Å². The molecule has 5 nitrogen and oxygen atoms in total. The Morgan fingerprint density at radius 1 is 1.36 bits per heavy atom. The second-order valence-electron chi connectivity index (χ2n) is 5.97. The molecular formula is C17H28IN5S2. The molecule has 0 radical (unpaired) electrons. The van der Waals surface area contributed by atoms with Gasteiger partial charge in [-0.15, -0.1) is 46.7 Å². The quantitative estimate of drug-likeness (QED) is 0.349. The van der Waals surface area contributed by atoms with Crippen LogP contribution in [0.5, 0.6) is 0 Å². The number of aryl methyl sites for hydroxylation is 1. The molecule has 1 atom stereocenters. The van der Waals surface area contributed by atoms with Gasteiger partial charge >= 0.3 is 0 Å². The first-order valence-corrected chi connectivity index (χ1v) is 9.89. The van der Waals surface area contributed by atoms with Crippen molar-refractivity contribution in [1.82, 2.24) is 15.6 Å². The number of thiophene rings is 1. The highest BCUT2D eigenvalue weighted by atomic mass is 127. The summed E-state index contributed by atoms with van der Waals surface area (Å²) in [6.45, 7) is 7.85. The molecule has 0 aromatic carbocycles. The Kier molecular flexibility index (Phi) is 9.73. The van der Waals surface area contributed by atoms with Crippen LogP contribution in [0.15, 0.2) is 22.5 Å². The van der Waals surface area contributed by atoms with Crippen molar-refractivity contribution >= 4 is 57.7 Å². The third-order valence-electron chi connectivity index (χ3n) is 3.35. The minimum absolute atomic E-state index is 0. The number of aromatic nitrogens is 1. The predicted molar refractivity (Wildman–Crippen MR) is 122 cm³/mol. The number of halogens is 1. The fourth-order valence-electron chi connectivity index (χ4n) is 2.24. The SMILES string of the molecule is CCNC(=NCc1csc(N(C)C)n1)NC(C)Cc1ccc(C)s1.I. The lowest BCUT2D eigenvalue weighted by atomic mass is 10.2. The summed E-state index contributed by atoms with van der Waals surface area (Å²) in [6, 6.07) is 4.71. The van der Waals surface area contributed by atoms with Crippen LogP contribution in [0.3, 0.4) is 0 Å². The van der Waals surface area contributed by atoms with E-state index in [0.717, 1.165) is 29.8 Å². The Bertz CT molecular complexity index is 666. The maximum absolute atomic E-state index is 4.67. The van der Waals surface area contributed by atoms with E-state index in [9.17, 15) is 0 Å². The molecule has 0 aliphatic heterocycles. The van der Waals surface area contributed by atoms with Crippen molar-refractivity contribution < 1.29 is 0 Å². The number of hydrogen-bond acceptors (Lipinski definition) is 5. The van der Waals surface area contributed by atoms with Gasteiger partial charge in [-0.05, 0) is 32.9 Å². The summed E-state index contributed by atoms with van der Waals surface area (Å²) in [5.41, 5.74) is 1.00. The molecule has 2 heterocycles. The van der Waals surface area contributed by atoms with Crippen molar-refractivity contribution in [3.8, 4) is 0 Å². The van der Waals surface area contributed by atoms with Crippen LogP contribution in [0.2, 0.25) is 0 Å². The summed E-state index contributed by atoms with van der Waals surface area (Å²) in [7, 11) is 4.01. The summed E-state index contributed by atoms with van der Waals surface area (Å²) < 4.78 is 0. The number of nitrogens with one attached hydrogen (secondary N) is 2. The van der Waals surface area contributed by atoms with E-state index in [4.69, 9.17) is 0 Å². The van der Waals surface area contributed by atoms with Gasteiger partial charge in [-0.1, -0.05) is 0 Å². The number of rotatable bonds is 7. The maximum Gasteiger partial charge on any atom is 0.191 e. The molecule has 0 saturated carbocycles. The minimum atomic E-state index is 0. The predicted octanol–water partition coefficient (Wildman–Crippen LogP) is 3.88. The minimum Gasteiger partial charge on any atom is -0.357 e. The first-order valence-electron chi connectivity index (χ1n) is 8.19. The Labute approximate surface area is 176 Å². The molecule has 2 rings (SSSR count). The molecule has 2 N–H and O–H groups in total. The van der Waals surface area contributed by atoms with E-state index >= 15 is 0 Å². The zero-order valence-corrected chi connectivity index (χ0v) is 19.5. The standard InChI is InChI=1S/C17H27N5S2.HI/c1-6-18-16(19-10-14-11-23-17(21-14)22(4)5)20-12(2)9-15-8-7-13(3)24-15;/h7-8,11-12H,6,9-10H2,1-5H3,(H2,18,19,20);1H. The highest BCUT2D eigenvalue weighted by Gasteiger charge is 2.08. The Balaban J connectivity index is 0.00000312. The third kappa shape index (κ3) is 7.49. The van der Waals surface area contributed by atoms with Crippen molar-refractivity contribution in [2.75, 3.05) is 25.5 Å². The van der Waals surface area contributed by atoms with Gasteiger partial charge in [0.25, 0.3) is 0 Å². The van der Waals surface area contributed by atoms with Crippen molar-refractivity contribution in [2.45, 2.75) is 39.8 Å². The molecule has 140 valence electrons. The van der Waals surface area contributed by atoms with Crippen molar-refractivity contribution in [3.05, 3.63) is 33.0 Å². The van der Waals surface area contributed by atoms with Gasteiger partial charge in [-0.3, -0.25) is 0 Å². The molecule has 0 aliphatic carbocycles. The first kappa shape index (κ1) is 22.2. The number of nitrogens with zero attached hydrogens (tertiary/aromatic N) is 3. The molecule has 8 heteroatoms. The average Bonchev–Trinajstić information content (AvgIpc) is 3.14. The molecule has 0 bridgehead atoms. The van der Waals surface area contributed by atoms with Gasteiger partial charge < -0.3 is 15.5 Å². The van der Waals surface area contributed by atoms with E-state index in [1.165, 1.54) is 9.75 Å². The fourth-order valence-corrected chi connectivity index (χ4v) is 4.00. The topological polar surface area (TPSA) is 52.6 Å². The smallest absolute Gasteiger partial charge is 0.191 e. The summed E-state index contributed by atoms with van der Waals surface area (Å²) in [5, 5.41) is 9.88. The van der Waals surface area contributed by atoms with E-state index in [1.807, 2.05) is 30.3 Å². The second-order valence-corrected chi connectivity index (χ2v) is 8.18. The number of guanidine groups is 1. The average molecular weight is 493 g/mol. The van der Waals surface area contributed by atoms with Gasteiger partial charge in [0.2, 0.25) is 0 Å². The van der Waals surface area contributed by atoms with Crippen molar-refractivity contribution in [2.24, 2.45) is 4.99 Å². The highest BCUT2D eigenvalue weighted by Crippen LogP contribution is 2.18. The van der Waals surface area contributed by atoms with E-state index in [2.05, 4.69) is 58.9 Å². The van der Waals surface area contributed by atoms with E-state index < -0.39 is 0 Å². The lowest BCUT2D eigenvalue weighted by Gasteiger charge is -2.17. The third-order valence-corrected chi connectivity index (χ3v) is 5.43. The van der Waals surface area contributed by atoms with Gasteiger partial charge in [0.15, 0.2) is 11.1 Å². The summed E-state index contributed by atoms with van der Waals surface area (Å²) in [6.07, 6.45) is 1.00. The van der Waals surface area contributed by atoms with Crippen LogP contribution >= 0.6 is 46.7 Å². The fraction of sp³-hybridized carbons (Fsp3) is 0.529. The summed E-state index contributed by atoms with van der Waals surface area (Å²) in [4.78, 5) is 14.0. The Morgan fingerprint density at radius 3 is 2.68 bits per heavy atom. The van der Waals surface area contributed by atoms with Crippen LogP contribution in [0, 0.1) is 6.92 Å². The first-order chi connectivity index (χ1) is 11.5. The van der Waals surface area contributed by atoms with Gasteiger partial charge in [0.1, 0.15) is 0 Å². The van der Waals surface area contributed by atoms with Crippen molar-refractivity contribution in [1.29, 1.82) is 0 Å². The number of aliphatic imine (C=N–C) groups is 1. The van der Waals surface area contributed by atoms with E-state index in [1.54, 1.807) is 11.3 Å². The zero-order valence-electron chi connectivity index (χ0n) is 15.5. The number of thiazole rings is 1. The largest absolute Gasteiger partial charge is 0.357 e. The molecule has 2 aromatic rings. The van der Waals surface area contributed by atoms with Crippen LogP contribution in [0.4, 0.5) is 5.13 Å². The van der Waals surface area contributed by atoms with Gasteiger partial charge in [-0.25, -0.2) is 9.98 Å². The lowest BCUT2D eigenvalue weighted by Crippen LogP contribution is -2.43. The van der Waals surface area contributed by atoms with Crippen LogP contribution in [-0.2, 0) is 13.0 Å². The molecule has 1 unspecified atom stereocenters. The van der Waals surface area contributed by atoms with Gasteiger partial charge in [0.05, 0.1) is 12.2 Å². The molecule has 0 aliphatic rings. The van der Waals surface area contributed by atoms with Crippen molar-refractivity contribution in [3.63, 3.8) is 0 Å². The van der Waals surface area contributed by atoms with Crippen LogP contribution < -0.4 is 15.5 Å². The van der Waals surface area contributed by atoms with Crippen LogP contribution in [0.1, 0.15) is 29.3 Å². The second kappa shape index (κ2) is 11.0. The highest BCUT2D eigenvalue weighted by molar-refractivity contribution is 14.0. The Hall–Kier alpha value is -0.870.